The highest BCUT2D eigenvalue weighted by Gasteiger charge is 2.11. The predicted octanol–water partition coefficient (Wildman–Crippen LogP) is 1.50. The average molecular weight is 349 g/mol. The van der Waals surface area contributed by atoms with Crippen LogP contribution in [0.4, 0.5) is 16.3 Å². The molecule has 25 heavy (non-hydrogen) atoms. The summed E-state index contributed by atoms with van der Waals surface area (Å²) in [4.78, 5) is 23.4. The first-order valence-electron chi connectivity index (χ1n) is 7.41. The molecule has 0 atom stereocenters. The van der Waals surface area contributed by atoms with E-state index in [-0.39, 0.29) is 24.9 Å². The Kier molecular flexibility index (Phi) is 6.15. The molecule has 2 aromatic rings. The first-order valence-corrected chi connectivity index (χ1v) is 7.41. The van der Waals surface area contributed by atoms with Crippen molar-refractivity contribution in [2.75, 3.05) is 31.5 Å². The van der Waals surface area contributed by atoms with E-state index in [1.807, 2.05) is 0 Å². The summed E-state index contributed by atoms with van der Waals surface area (Å²) in [6, 6.07) is 5.02. The van der Waals surface area contributed by atoms with Gasteiger partial charge in [-0.25, -0.2) is 9.48 Å². The molecule has 1 heterocycles. The van der Waals surface area contributed by atoms with Crippen molar-refractivity contribution in [1.82, 2.24) is 15.0 Å². The summed E-state index contributed by atoms with van der Waals surface area (Å²) in [7, 11) is 3.04. The van der Waals surface area contributed by atoms with Gasteiger partial charge in [0.2, 0.25) is 5.91 Å². The molecule has 2 amide bonds. The Balaban J connectivity index is 1.94. The van der Waals surface area contributed by atoms with Crippen molar-refractivity contribution in [3.63, 3.8) is 0 Å². The van der Waals surface area contributed by atoms with Gasteiger partial charge in [-0.05, 0) is 19.1 Å². The van der Waals surface area contributed by atoms with Crippen molar-refractivity contribution in [3.8, 4) is 11.5 Å². The lowest BCUT2D eigenvalue weighted by Crippen LogP contribution is -2.19. The molecule has 1 aromatic carbocycles. The van der Waals surface area contributed by atoms with E-state index in [0.29, 0.717) is 17.2 Å². The maximum absolute atomic E-state index is 12.1. The molecule has 0 fully saturated rings. The van der Waals surface area contributed by atoms with Crippen LogP contribution in [0.2, 0.25) is 0 Å². The second-order valence-corrected chi connectivity index (χ2v) is 4.76. The molecule has 134 valence electrons. The Morgan fingerprint density at radius 2 is 1.92 bits per heavy atom. The summed E-state index contributed by atoms with van der Waals surface area (Å²) >= 11 is 0. The third kappa shape index (κ3) is 5.09. The minimum absolute atomic E-state index is 0.0775. The summed E-state index contributed by atoms with van der Waals surface area (Å²) in [5.74, 6) is 0.936. The summed E-state index contributed by atoms with van der Waals surface area (Å²) in [6.07, 6.45) is 0.787. The van der Waals surface area contributed by atoms with Crippen LogP contribution in [0, 0.1) is 0 Å². The number of hydrogen-bond donors (Lipinski definition) is 2. The van der Waals surface area contributed by atoms with E-state index in [9.17, 15) is 9.59 Å². The highest BCUT2D eigenvalue weighted by molar-refractivity contribution is 5.91. The highest BCUT2D eigenvalue weighted by Crippen LogP contribution is 2.29. The molecule has 1 aromatic heterocycles. The number of aromatic nitrogens is 3. The summed E-state index contributed by atoms with van der Waals surface area (Å²) in [5.41, 5.74) is 0.549. The van der Waals surface area contributed by atoms with Gasteiger partial charge in [0.05, 0.1) is 27.0 Å². The number of amides is 2. The zero-order valence-corrected chi connectivity index (χ0v) is 14.1. The Hall–Kier alpha value is -3.30. The Morgan fingerprint density at radius 1 is 1.16 bits per heavy atom. The van der Waals surface area contributed by atoms with Crippen molar-refractivity contribution >= 4 is 23.5 Å². The molecular weight excluding hydrogens is 330 g/mol. The largest absolute Gasteiger partial charge is 0.493 e. The molecule has 0 aliphatic carbocycles. The molecule has 0 radical (unpaired) electrons. The summed E-state index contributed by atoms with van der Waals surface area (Å²) in [6.45, 7) is 1.86. The Bertz CT molecular complexity index is 746. The minimum Gasteiger partial charge on any atom is -0.493 e. The van der Waals surface area contributed by atoms with E-state index >= 15 is 0 Å². The van der Waals surface area contributed by atoms with Crippen LogP contribution in [0.3, 0.4) is 0 Å². The molecule has 0 aliphatic heterocycles. The van der Waals surface area contributed by atoms with E-state index in [4.69, 9.17) is 14.2 Å². The lowest BCUT2D eigenvalue weighted by atomic mass is 10.2. The number of ether oxygens (including phenoxy) is 3. The van der Waals surface area contributed by atoms with Gasteiger partial charge in [0, 0.05) is 11.8 Å². The van der Waals surface area contributed by atoms with Crippen molar-refractivity contribution in [1.29, 1.82) is 0 Å². The number of carbonyl (C=O) groups is 2. The van der Waals surface area contributed by atoms with Crippen molar-refractivity contribution in [3.05, 3.63) is 24.4 Å². The van der Waals surface area contributed by atoms with E-state index < -0.39 is 6.09 Å². The van der Waals surface area contributed by atoms with Gasteiger partial charge >= 0.3 is 6.09 Å². The van der Waals surface area contributed by atoms with Crippen molar-refractivity contribution < 1.29 is 23.8 Å². The topological polar surface area (TPSA) is 117 Å². The van der Waals surface area contributed by atoms with Gasteiger partial charge in [0.1, 0.15) is 6.54 Å². The van der Waals surface area contributed by atoms with E-state index in [1.54, 1.807) is 25.1 Å². The van der Waals surface area contributed by atoms with Gasteiger partial charge in [0.25, 0.3) is 0 Å². The molecular formula is C15H19N5O5. The third-order valence-corrected chi connectivity index (χ3v) is 3.02. The summed E-state index contributed by atoms with van der Waals surface area (Å²) in [5, 5.41) is 12.6. The fourth-order valence-corrected chi connectivity index (χ4v) is 1.97. The molecule has 0 unspecified atom stereocenters. The van der Waals surface area contributed by atoms with Crippen molar-refractivity contribution in [2.24, 2.45) is 0 Å². The van der Waals surface area contributed by atoms with Crippen LogP contribution in [0.5, 0.6) is 11.5 Å². The Morgan fingerprint density at radius 3 is 2.60 bits per heavy atom. The average Bonchev–Trinajstić information content (AvgIpc) is 3.01. The van der Waals surface area contributed by atoms with Gasteiger partial charge < -0.3 is 19.5 Å². The smallest absolute Gasteiger partial charge is 0.412 e. The number of nitrogens with zero attached hydrogens (tertiary/aromatic N) is 3. The van der Waals surface area contributed by atoms with Crippen LogP contribution >= 0.6 is 0 Å². The van der Waals surface area contributed by atoms with Crippen LogP contribution in [0.1, 0.15) is 6.92 Å². The zero-order chi connectivity index (χ0) is 18.2. The maximum atomic E-state index is 12.1. The van der Waals surface area contributed by atoms with Crippen LogP contribution in [0.15, 0.2) is 24.4 Å². The van der Waals surface area contributed by atoms with Crippen LogP contribution in [-0.2, 0) is 16.1 Å². The number of carbonyl (C=O) groups excluding carboxylic acids is 2. The Labute approximate surface area is 144 Å². The second kappa shape index (κ2) is 8.52. The van der Waals surface area contributed by atoms with Gasteiger partial charge in [-0.1, -0.05) is 5.21 Å². The fourth-order valence-electron chi connectivity index (χ4n) is 1.97. The van der Waals surface area contributed by atoms with Crippen LogP contribution < -0.4 is 20.1 Å². The molecule has 0 aliphatic rings. The lowest BCUT2D eigenvalue weighted by Gasteiger charge is -2.10. The van der Waals surface area contributed by atoms with Gasteiger partial charge in [-0.3, -0.25) is 10.1 Å². The van der Waals surface area contributed by atoms with Gasteiger partial charge in [-0.15, -0.1) is 5.10 Å². The zero-order valence-electron chi connectivity index (χ0n) is 14.1. The first kappa shape index (κ1) is 18.0. The number of nitrogens with one attached hydrogen (secondary N) is 2. The van der Waals surface area contributed by atoms with E-state index in [0.717, 1.165) is 0 Å². The highest BCUT2D eigenvalue weighted by atomic mass is 16.5. The molecule has 2 N–H and O–H groups in total. The minimum atomic E-state index is -0.635. The van der Waals surface area contributed by atoms with E-state index in [1.165, 1.54) is 25.1 Å². The SMILES string of the molecule is CCOC(=O)Nc1cn(CC(=O)Nc2ccc(OC)c(OC)c2)nn1. The molecule has 10 heteroatoms. The molecule has 0 saturated carbocycles. The standard InChI is InChI=1S/C15H19N5O5/c1-4-25-15(22)17-13-8-20(19-18-13)9-14(21)16-10-5-6-11(23-2)12(7-10)24-3/h5-8H,4,9H2,1-3H3,(H,16,21)(H,17,22). The third-order valence-electron chi connectivity index (χ3n) is 3.02. The number of methoxy groups -OCH3 is 2. The van der Waals surface area contributed by atoms with Gasteiger partial charge in [-0.2, -0.15) is 0 Å². The number of benzene rings is 1. The summed E-state index contributed by atoms with van der Waals surface area (Å²) < 4.78 is 16.3. The van der Waals surface area contributed by atoms with Crippen LogP contribution in [0.25, 0.3) is 0 Å². The lowest BCUT2D eigenvalue weighted by molar-refractivity contribution is -0.116. The monoisotopic (exact) mass is 349 g/mol. The number of hydrogen-bond acceptors (Lipinski definition) is 7. The quantitative estimate of drug-likeness (QED) is 0.778. The fraction of sp³-hybridized carbons (Fsp3) is 0.333. The first-order chi connectivity index (χ1) is 12.0. The maximum Gasteiger partial charge on any atom is 0.412 e. The molecule has 0 spiro atoms. The number of rotatable bonds is 7. The van der Waals surface area contributed by atoms with Crippen molar-refractivity contribution in [2.45, 2.75) is 13.5 Å². The molecule has 2 rings (SSSR count). The molecule has 0 bridgehead atoms. The molecule has 0 saturated heterocycles. The predicted molar refractivity (Wildman–Crippen MR) is 88.8 cm³/mol. The molecule has 10 nitrogen and oxygen atoms in total. The van der Waals surface area contributed by atoms with Crippen LogP contribution in [-0.4, -0.2) is 47.8 Å². The normalized spacial score (nSPS) is 10.0. The number of anilines is 2. The second-order valence-electron chi connectivity index (χ2n) is 4.76. The van der Waals surface area contributed by atoms with E-state index in [2.05, 4.69) is 20.9 Å². The van der Waals surface area contributed by atoms with Gasteiger partial charge in [0.15, 0.2) is 17.3 Å².